The van der Waals surface area contributed by atoms with E-state index >= 15 is 0 Å². The molecule has 13 N–H and O–H groups in total. The third kappa shape index (κ3) is 90.5. The summed E-state index contributed by atoms with van der Waals surface area (Å²) in [6.45, 7) is 24.4. The molecule has 5 atom stereocenters. The minimum absolute atomic E-state index is 0. The molecule has 1 aliphatic heterocycles. The molecule has 4 amide bonds. The molecule has 19 nitrogen and oxygen atoms in total. The van der Waals surface area contributed by atoms with Crippen LogP contribution in [0.2, 0.25) is 20.5 Å². The van der Waals surface area contributed by atoms with Crippen molar-refractivity contribution in [3.05, 3.63) is 0 Å². The number of hydroxylamine groups is 2. The van der Waals surface area contributed by atoms with E-state index in [4.69, 9.17) is 26.4 Å². The van der Waals surface area contributed by atoms with Crippen LogP contribution in [0.3, 0.4) is 0 Å². The lowest BCUT2D eigenvalue weighted by molar-refractivity contribution is -0.199. The maximum Gasteiger partial charge on any atom is 0.373 e. The zero-order chi connectivity index (χ0) is 89.8. The largest absolute Gasteiger partial charge is 0.437 e. The number of nitrogens with two attached hydrogens (primary N) is 2. The standard InChI is InChI=1S/C44H92BN3O2.C25H54BN3O2.C18H39N.C12H22BN3O5.H2/c1-5-7-9-11-13-15-17-19-21-23-25-27-29-31-33-37-41-48(44(49)43(46-4)39-35-36-40-47-45(3)50)42-38-34-32-30-28-26-24-22-20-18-16-14-12-10-8-6-2;1-4-5-6-7-8-9-10-11-12-13-14-15-16-19-23(2)22-28-25(30)24(27)20-17-18-21-29-26(3)31;1-3-4-5-6-7-8-9-10-11-12-13-14-15-16-18(2)17-19;1-13(20)15-8-4-3-5-9(14-2)12(19)21-16-10(17)6-7-11(16)18;/h43,46-47,50H,5-42H2,1-4H3;23-24,29,31H,4-22,27H2,1-3H3,(H,28,30);18H,3-17,19H2,1-2H3;9,14-15,20H,3-8H2,1-2H3;1H/t43-;23?,24-;;9-;/m00.0./s1. The summed E-state index contributed by atoms with van der Waals surface area (Å²) in [6, 6.07) is -1.09. The van der Waals surface area contributed by atoms with Crippen molar-refractivity contribution in [1.29, 1.82) is 0 Å². The number of hydrogen-bond acceptors (Lipinski definition) is 16. The highest BCUT2D eigenvalue weighted by Crippen LogP contribution is 2.22. The van der Waals surface area contributed by atoms with Crippen molar-refractivity contribution in [2.75, 3.05) is 59.9 Å². The Morgan fingerprint density at radius 3 is 0.901 bits per heavy atom. The Hall–Kier alpha value is -2.66. The minimum atomic E-state index is -0.635. The van der Waals surface area contributed by atoms with E-state index in [1.165, 1.54) is 372 Å². The fourth-order valence-corrected chi connectivity index (χ4v) is 16.0. The van der Waals surface area contributed by atoms with Gasteiger partial charge in [0.1, 0.15) is 6.04 Å². The molecule has 0 aliphatic carbocycles. The van der Waals surface area contributed by atoms with Gasteiger partial charge in [-0.15, -0.1) is 5.06 Å². The maximum absolute atomic E-state index is 13.6. The van der Waals surface area contributed by atoms with Crippen LogP contribution in [0.25, 0.3) is 0 Å². The number of nitrogens with zero attached hydrogens (tertiary/aromatic N) is 2. The van der Waals surface area contributed by atoms with E-state index in [0.29, 0.717) is 36.3 Å². The summed E-state index contributed by atoms with van der Waals surface area (Å²) in [4.78, 5) is 67.5. The van der Waals surface area contributed by atoms with E-state index in [2.05, 4.69) is 78.1 Å². The van der Waals surface area contributed by atoms with Gasteiger partial charge in [0.25, 0.3) is 11.8 Å². The highest BCUT2D eigenvalue weighted by molar-refractivity contribution is 6.46. The molecule has 121 heavy (non-hydrogen) atoms. The van der Waals surface area contributed by atoms with Crippen LogP contribution in [0.4, 0.5) is 0 Å². The van der Waals surface area contributed by atoms with Crippen LogP contribution in [-0.4, -0.2) is 154 Å². The molecule has 1 saturated heterocycles. The molecule has 22 heteroatoms. The minimum Gasteiger partial charge on any atom is -0.437 e. The molecule has 0 spiro atoms. The summed E-state index contributed by atoms with van der Waals surface area (Å²) < 4.78 is 0. The van der Waals surface area contributed by atoms with Gasteiger partial charge in [0, 0.05) is 33.9 Å². The number of hydrogen-bond donors (Lipinski definition) is 11. The topological polar surface area (TPSA) is 286 Å². The molecule has 1 aliphatic rings. The number of carbonyl (C=O) groups is 5. The summed E-state index contributed by atoms with van der Waals surface area (Å²) >= 11 is 0. The fourth-order valence-electron chi connectivity index (χ4n) is 16.0. The smallest absolute Gasteiger partial charge is 0.373 e. The van der Waals surface area contributed by atoms with E-state index in [1.54, 1.807) is 27.5 Å². The summed E-state index contributed by atoms with van der Waals surface area (Å²) in [5, 5.41) is 46.2. The van der Waals surface area contributed by atoms with Gasteiger partial charge >= 0.3 is 27.1 Å². The Morgan fingerprint density at radius 1 is 0.380 bits per heavy atom. The Balaban J connectivity index is -0.000000822. The normalized spacial score (nSPS) is 13.2. The second kappa shape index (κ2) is 97.9. The number of amides is 4. The van der Waals surface area contributed by atoms with E-state index in [0.717, 1.165) is 103 Å². The second-order valence-electron chi connectivity index (χ2n) is 36.8. The third-order valence-corrected chi connectivity index (χ3v) is 24.4. The number of nitrogens with one attached hydrogen (secondary N) is 6. The van der Waals surface area contributed by atoms with Gasteiger partial charge in [-0.25, -0.2) is 4.79 Å². The SMILES string of the molecule is CCCCCCCCCCCCCCCC(C)CN.CCCCCCCCCCCCCCCC(C)CNC(=O)[C@@H](N)CCCCNB(C)O.CCCCCCCCCCCCCCCCCCN(CCCCCCCCCCCCCCCCCC)C(=O)[C@H](CCCCNB(C)O)NC.CN[C@@H](CCCCNB(C)O)C(=O)ON1C(=O)CCC1=O.[HH]. The quantitative estimate of drug-likeness (QED) is 0.0153. The highest BCUT2D eigenvalue weighted by Gasteiger charge is 2.34. The monoisotopic (exact) mass is 1720 g/mol. The van der Waals surface area contributed by atoms with Gasteiger partial charge in [-0.2, -0.15) is 0 Å². The number of likely N-dealkylation sites (N-methyl/N-ethyl adjacent to an activating group) is 2. The summed E-state index contributed by atoms with van der Waals surface area (Å²) in [5.41, 5.74) is 11.6. The van der Waals surface area contributed by atoms with Gasteiger partial charge in [0.15, 0.2) is 0 Å². The molecule has 0 aromatic rings. The Morgan fingerprint density at radius 2 is 0.628 bits per heavy atom. The van der Waals surface area contributed by atoms with E-state index in [-0.39, 0.29) is 26.2 Å². The van der Waals surface area contributed by atoms with Crippen molar-refractivity contribution in [2.45, 2.75) is 536 Å². The van der Waals surface area contributed by atoms with Gasteiger partial charge in [-0.1, -0.05) is 420 Å². The molecule has 0 aromatic heterocycles. The van der Waals surface area contributed by atoms with Crippen molar-refractivity contribution >= 4 is 50.7 Å². The van der Waals surface area contributed by atoms with Crippen LogP contribution in [0.1, 0.15) is 499 Å². The van der Waals surface area contributed by atoms with Crippen LogP contribution < -0.4 is 43.1 Å². The summed E-state index contributed by atoms with van der Waals surface area (Å²) in [6.07, 6.45) is 90.9. The van der Waals surface area contributed by atoms with Gasteiger partial charge in [0.05, 0.1) is 12.1 Å². The van der Waals surface area contributed by atoms with Gasteiger partial charge in [-0.05, 0) is 137 Å². The number of imide groups is 1. The first-order chi connectivity index (χ1) is 58.8. The summed E-state index contributed by atoms with van der Waals surface area (Å²) in [5.74, 6) is -0.0799. The van der Waals surface area contributed by atoms with E-state index in [9.17, 15) is 29.0 Å². The van der Waals surface area contributed by atoms with Crippen molar-refractivity contribution in [1.82, 2.24) is 41.6 Å². The molecule has 2 unspecified atom stereocenters. The third-order valence-electron chi connectivity index (χ3n) is 24.4. The molecular formula is C99H209B3N10O9. The molecule has 0 bridgehead atoms. The first kappa shape index (κ1) is 122. The van der Waals surface area contributed by atoms with E-state index in [1.807, 2.05) is 7.05 Å². The molecular weight excluding hydrogens is 1510 g/mol. The number of unbranched alkanes of at least 4 members (excludes halogenated alkanes) is 57. The van der Waals surface area contributed by atoms with Crippen molar-refractivity contribution < 1.29 is 45.3 Å². The number of rotatable bonds is 89. The van der Waals surface area contributed by atoms with Crippen LogP contribution in [0, 0.1) is 11.8 Å². The Kier molecular flexibility index (Phi) is 99.1. The zero-order valence-corrected chi connectivity index (χ0v) is 82.1. The van der Waals surface area contributed by atoms with Crippen molar-refractivity contribution in [2.24, 2.45) is 23.3 Å². The lowest BCUT2D eigenvalue weighted by Gasteiger charge is -2.27. The summed E-state index contributed by atoms with van der Waals surface area (Å²) in [7, 11) is 2.06. The van der Waals surface area contributed by atoms with Crippen molar-refractivity contribution in [3.8, 4) is 0 Å². The lowest BCUT2D eigenvalue weighted by Crippen LogP contribution is -2.46. The maximum atomic E-state index is 13.6. The second-order valence-corrected chi connectivity index (χ2v) is 36.8. The van der Waals surface area contributed by atoms with Gasteiger partial charge in [-0.3, -0.25) is 19.2 Å². The Bertz CT molecular complexity index is 2130. The van der Waals surface area contributed by atoms with Crippen LogP contribution >= 0.6 is 0 Å². The highest BCUT2D eigenvalue weighted by atomic mass is 16.7. The van der Waals surface area contributed by atoms with Crippen LogP contribution in [0.15, 0.2) is 0 Å². The van der Waals surface area contributed by atoms with E-state index < -0.39 is 51.0 Å². The molecule has 0 saturated carbocycles. The lowest BCUT2D eigenvalue weighted by atomic mass is 9.89. The fraction of sp³-hybridized carbons (Fsp3) is 0.949. The zero-order valence-electron chi connectivity index (χ0n) is 82.1. The number of carbonyl (C=O) groups excluding carboxylic acids is 5. The first-order valence-electron chi connectivity index (χ1n) is 52.5. The molecule has 0 aromatic carbocycles. The average molecular weight is 1720 g/mol. The molecule has 1 heterocycles. The average Bonchev–Trinajstić information content (AvgIpc) is 1.72. The van der Waals surface area contributed by atoms with Crippen LogP contribution in [-0.2, 0) is 28.8 Å². The molecule has 0 radical (unpaired) electrons. The predicted molar refractivity (Wildman–Crippen MR) is 527 cm³/mol. The van der Waals surface area contributed by atoms with Gasteiger partial charge < -0.3 is 67.9 Å². The molecule has 1 rings (SSSR count). The molecule has 1 fully saturated rings. The first-order valence-corrected chi connectivity index (χ1v) is 52.5. The van der Waals surface area contributed by atoms with Crippen LogP contribution in [0.5, 0.6) is 0 Å². The predicted octanol–water partition coefficient (Wildman–Crippen LogP) is 23.6. The molecule has 718 valence electrons. The van der Waals surface area contributed by atoms with Gasteiger partial charge in [0.2, 0.25) is 11.8 Å². The Labute approximate surface area is 752 Å². The van der Waals surface area contributed by atoms with Crippen molar-refractivity contribution in [3.63, 3.8) is 0 Å².